The fraction of sp³-hybridized carbons (Fsp3) is 0.250. The number of aromatic hydroxyl groups is 2. The summed E-state index contributed by atoms with van der Waals surface area (Å²) in [6.07, 6.45) is 1.16. The van der Waals surface area contributed by atoms with E-state index in [1.165, 1.54) is 20.8 Å². The summed E-state index contributed by atoms with van der Waals surface area (Å²) in [5.41, 5.74) is -1.62. The molecule has 0 radical (unpaired) electrons. The molecule has 11 heteroatoms. The second-order valence-electron chi connectivity index (χ2n) is 9.45. The van der Waals surface area contributed by atoms with Gasteiger partial charge in [-0.3, -0.25) is 14.4 Å². The number of carbonyl (C=O) groups excluding carboxylic acids is 3. The van der Waals surface area contributed by atoms with Crippen LogP contribution in [-0.4, -0.2) is 37.7 Å². The molecule has 0 bridgehead atoms. The van der Waals surface area contributed by atoms with Crippen molar-refractivity contribution in [3.63, 3.8) is 0 Å². The number of rotatable bonds is 7. The molecule has 200 valence electrons. The highest BCUT2D eigenvalue weighted by atomic mass is 16.5. The van der Waals surface area contributed by atoms with Gasteiger partial charge in [0.1, 0.15) is 39.7 Å². The van der Waals surface area contributed by atoms with Crippen LogP contribution >= 0.6 is 0 Å². The topological polar surface area (TPSA) is 161 Å². The first kappa shape index (κ1) is 25.7. The smallest absolute Gasteiger partial charge is 0.246 e. The average Bonchev–Trinajstić information content (AvgIpc) is 3.48. The molecule has 3 N–H and O–H groups in total. The molecular formula is C28H25N3O8. The van der Waals surface area contributed by atoms with E-state index in [4.69, 9.17) is 14.0 Å². The zero-order valence-electron chi connectivity index (χ0n) is 21.6. The number of ether oxygens (including phenoxy) is 2. The molecule has 0 spiro atoms. The van der Waals surface area contributed by atoms with E-state index in [2.05, 4.69) is 15.5 Å². The van der Waals surface area contributed by atoms with E-state index >= 15 is 0 Å². The van der Waals surface area contributed by atoms with Gasteiger partial charge in [0.05, 0.1) is 17.7 Å². The number of hydrogen-bond acceptors (Lipinski definition) is 11. The minimum Gasteiger partial charge on any atom is -0.507 e. The van der Waals surface area contributed by atoms with Gasteiger partial charge in [-0.2, -0.15) is 4.98 Å². The van der Waals surface area contributed by atoms with Gasteiger partial charge in [-0.05, 0) is 39.8 Å². The standard InChI is InChI=1S/C28H25N3O8/c1-13-24(34)22(15(3)32)26-23(25(13)35)28(4)18(38-26)10-17(33)21(27(28)36)14(2)29-11-20-30-19(31-39-20)12-37-16-8-6-5-7-9-16/h5-10,29,34-35H,11-12H2,1-4H3/b21-14+/t28-/m0/s1. The van der Waals surface area contributed by atoms with E-state index in [1.54, 1.807) is 19.1 Å². The first-order valence-electron chi connectivity index (χ1n) is 12.1. The lowest BCUT2D eigenvalue weighted by Crippen LogP contribution is -2.41. The van der Waals surface area contributed by atoms with Crippen LogP contribution in [0.25, 0.3) is 0 Å². The predicted molar refractivity (Wildman–Crippen MR) is 135 cm³/mol. The summed E-state index contributed by atoms with van der Waals surface area (Å²) in [7, 11) is 0. The molecule has 5 rings (SSSR count). The van der Waals surface area contributed by atoms with Gasteiger partial charge in [-0.25, -0.2) is 0 Å². The molecule has 3 aromatic rings. The van der Waals surface area contributed by atoms with E-state index in [0.717, 1.165) is 6.08 Å². The van der Waals surface area contributed by atoms with Crippen molar-refractivity contribution in [1.29, 1.82) is 0 Å². The Labute approximate surface area is 222 Å². The number of nitrogens with one attached hydrogen (secondary N) is 1. The third-order valence-electron chi connectivity index (χ3n) is 6.89. The van der Waals surface area contributed by atoms with Crippen LogP contribution in [0.5, 0.6) is 23.0 Å². The van der Waals surface area contributed by atoms with E-state index in [-0.39, 0.29) is 64.3 Å². The van der Waals surface area contributed by atoms with Crippen molar-refractivity contribution in [1.82, 2.24) is 15.5 Å². The summed E-state index contributed by atoms with van der Waals surface area (Å²) in [5, 5.41) is 28.2. The van der Waals surface area contributed by atoms with Crippen molar-refractivity contribution in [2.75, 3.05) is 0 Å². The minimum atomic E-state index is -1.60. The zero-order chi connectivity index (χ0) is 28.1. The third-order valence-corrected chi connectivity index (χ3v) is 6.89. The Morgan fingerprint density at radius 1 is 1.13 bits per heavy atom. The summed E-state index contributed by atoms with van der Waals surface area (Å²) < 4.78 is 16.6. The summed E-state index contributed by atoms with van der Waals surface area (Å²) in [6.45, 7) is 5.84. The number of ketones is 3. The van der Waals surface area contributed by atoms with Crippen molar-refractivity contribution in [3.8, 4) is 23.0 Å². The second kappa shape index (κ2) is 9.43. The number of fused-ring (bicyclic) bond motifs is 3. The normalized spacial score (nSPS) is 19.1. The molecule has 1 aliphatic heterocycles. The molecular weight excluding hydrogens is 506 g/mol. The monoisotopic (exact) mass is 531 g/mol. The number of Topliss-reactive ketones (excluding diaryl/α,β-unsaturated/α-hetero) is 2. The third kappa shape index (κ3) is 4.12. The lowest BCUT2D eigenvalue weighted by Gasteiger charge is -2.29. The van der Waals surface area contributed by atoms with Crippen LogP contribution in [0.4, 0.5) is 0 Å². The number of nitrogens with zero attached hydrogens (tertiary/aromatic N) is 2. The van der Waals surface area contributed by atoms with Gasteiger partial charge in [0.2, 0.25) is 11.7 Å². The van der Waals surface area contributed by atoms with Crippen molar-refractivity contribution < 1.29 is 38.6 Å². The summed E-state index contributed by atoms with van der Waals surface area (Å²) in [6, 6.07) is 9.16. The molecule has 1 aliphatic carbocycles. The van der Waals surface area contributed by atoms with Crippen LogP contribution in [-0.2, 0) is 28.2 Å². The van der Waals surface area contributed by atoms with E-state index in [1.807, 2.05) is 18.2 Å². The highest BCUT2D eigenvalue weighted by molar-refractivity contribution is 6.31. The zero-order valence-corrected chi connectivity index (χ0v) is 21.6. The molecule has 1 aromatic heterocycles. The highest BCUT2D eigenvalue weighted by Crippen LogP contribution is 2.57. The molecule has 11 nitrogen and oxygen atoms in total. The van der Waals surface area contributed by atoms with Gasteiger partial charge in [0.25, 0.3) is 0 Å². The fourth-order valence-electron chi connectivity index (χ4n) is 4.74. The van der Waals surface area contributed by atoms with Gasteiger partial charge < -0.3 is 29.5 Å². The largest absolute Gasteiger partial charge is 0.507 e. The van der Waals surface area contributed by atoms with Gasteiger partial charge in [0.15, 0.2) is 24.0 Å². The molecule has 39 heavy (non-hydrogen) atoms. The number of benzene rings is 2. The maximum Gasteiger partial charge on any atom is 0.246 e. The summed E-state index contributed by atoms with van der Waals surface area (Å²) in [5.74, 6) is -1.58. The van der Waals surface area contributed by atoms with Crippen LogP contribution in [0.15, 0.2) is 58.0 Å². The van der Waals surface area contributed by atoms with Crippen molar-refractivity contribution in [3.05, 3.63) is 81.8 Å². The number of phenolic OH excluding ortho intramolecular Hbond substituents is 2. The fourth-order valence-corrected chi connectivity index (χ4v) is 4.74. The van der Waals surface area contributed by atoms with Crippen molar-refractivity contribution in [2.24, 2.45) is 0 Å². The summed E-state index contributed by atoms with van der Waals surface area (Å²) >= 11 is 0. The highest BCUT2D eigenvalue weighted by Gasteiger charge is 2.56. The second-order valence-corrected chi connectivity index (χ2v) is 9.45. The Morgan fingerprint density at radius 2 is 1.85 bits per heavy atom. The molecule has 2 aromatic carbocycles. The van der Waals surface area contributed by atoms with Gasteiger partial charge >= 0.3 is 0 Å². The number of phenols is 2. The van der Waals surface area contributed by atoms with E-state index in [0.29, 0.717) is 11.6 Å². The van der Waals surface area contributed by atoms with Gasteiger partial charge in [-0.1, -0.05) is 23.4 Å². The minimum absolute atomic E-state index is 0.0250. The van der Waals surface area contributed by atoms with Crippen LogP contribution in [0, 0.1) is 6.92 Å². The molecule has 0 saturated heterocycles. The molecule has 0 saturated carbocycles. The number of hydrogen-bond donors (Lipinski definition) is 3. The average molecular weight is 532 g/mol. The maximum atomic E-state index is 13.8. The number of allylic oxidation sites excluding steroid dienone is 4. The Bertz CT molecular complexity index is 1600. The number of carbonyl (C=O) groups is 3. The Morgan fingerprint density at radius 3 is 2.54 bits per heavy atom. The first-order valence-corrected chi connectivity index (χ1v) is 12.1. The molecule has 0 amide bonds. The van der Waals surface area contributed by atoms with Crippen LogP contribution in [0.1, 0.15) is 54.0 Å². The van der Waals surface area contributed by atoms with Crippen LogP contribution in [0.3, 0.4) is 0 Å². The lowest BCUT2D eigenvalue weighted by molar-refractivity contribution is -0.123. The predicted octanol–water partition coefficient (Wildman–Crippen LogP) is 3.32. The molecule has 1 atom stereocenters. The lowest BCUT2D eigenvalue weighted by atomic mass is 9.70. The Balaban J connectivity index is 1.41. The number of para-hydroxylation sites is 1. The quantitative estimate of drug-likeness (QED) is 0.233. The van der Waals surface area contributed by atoms with Crippen LogP contribution < -0.4 is 14.8 Å². The Kier molecular flexibility index (Phi) is 6.21. The van der Waals surface area contributed by atoms with Gasteiger partial charge in [-0.15, -0.1) is 0 Å². The molecule has 0 unspecified atom stereocenters. The van der Waals surface area contributed by atoms with Crippen LogP contribution in [0.2, 0.25) is 0 Å². The van der Waals surface area contributed by atoms with Gasteiger partial charge in [0, 0.05) is 17.3 Å². The van der Waals surface area contributed by atoms with E-state index < -0.39 is 28.5 Å². The van der Waals surface area contributed by atoms with E-state index in [9.17, 15) is 24.6 Å². The first-order chi connectivity index (χ1) is 18.5. The Hall–Kier alpha value is -4.93. The van der Waals surface area contributed by atoms with Crippen molar-refractivity contribution >= 4 is 17.3 Å². The molecule has 2 heterocycles. The number of aromatic nitrogens is 2. The molecule has 2 aliphatic rings. The summed E-state index contributed by atoms with van der Waals surface area (Å²) in [4.78, 5) is 43.4. The maximum absolute atomic E-state index is 13.8. The van der Waals surface area contributed by atoms with Crippen molar-refractivity contribution in [2.45, 2.75) is 46.3 Å². The molecule has 0 fully saturated rings. The SMILES string of the molecule is CC(=O)c1c(O)c(C)c(O)c2c1OC1=CC(=O)/C(=C(/C)NCc3nc(COc4ccccc4)no3)C(=O)[C@@]12C.